The Morgan fingerprint density at radius 2 is 2.32 bits per heavy atom. The highest BCUT2D eigenvalue weighted by Crippen LogP contribution is 2.32. The van der Waals surface area contributed by atoms with Gasteiger partial charge in [0.05, 0.1) is 5.69 Å². The van der Waals surface area contributed by atoms with E-state index >= 15 is 0 Å². The summed E-state index contributed by atoms with van der Waals surface area (Å²) in [6.07, 6.45) is 0.513. The van der Waals surface area contributed by atoms with Gasteiger partial charge in [-0.15, -0.1) is 0 Å². The average Bonchev–Trinajstić information content (AvgIpc) is 2.68. The topological polar surface area (TPSA) is 37.4 Å². The first kappa shape index (κ1) is 15.1. The van der Waals surface area contributed by atoms with Crippen molar-refractivity contribution in [2.24, 2.45) is 5.92 Å². The molecule has 1 aliphatic rings. The summed E-state index contributed by atoms with van der Waals surface area (Å²) < 4.78 is 0.971. The highest BCUT2D eigenvalue weighted by atomic mass is 127. The van der Waals surface area contributed by atoms with Crippen molar-refractivity contribution in [3.05, 3.63) is 26.8 Å². The van der Waals surface area contributed by atoms with E-state index in [1.54, 1.807) is 17.9 Å². The Hall–Kier alpha value is -0.270. The maximum atomic E-state index is 12.1. The molecule has 0 N–H and O–H groups in total. The third kappa shape index (κ3) is 3.86. The molecule has 102 valence electrons. The minimum atomic E-state index is 0.104. The predicted octanol–water partition coefficient (Wildman–Crippen LogP) is 3.58. The Morgan fingerprint density at radius 1 is 1.58 bits per heavy atom. The molecule has 1 unspecified atom stereocenters. The maximum Gasteiger partial charge on any atom is 0.227 e. The molecule has 0 spiro atoms. The van der Waals surface area contributed by atoms with Crippen molar-refractivity contribution in [1.29, 1.82) is 0 Å². The average molecular weight is 410 g/mol. The van der Waals surface area contributed by atoms with Crippen LogP contribution in [0.25, 0.3) is 0 Å². The first-order valence-electron chi connectivity index (χ1n) is 5.86. The smallest absolute Gasteiger partial charge is 0.227 e. The number of rotatable bonds is 3. The molecule has 0 aliphatic carbocycles. The molecule has 19 heavy (non-hydrogen) atoms. The van der Waals surface area contributed by atoms with Crippen molar-refractivity contribution < 1.29 is 9.59 Å². The van der Waals surface area contributed by atoms with Gasteiger partial charge in [-0.2, -0.15) is 0 Å². The van der Waals surface area contributed by atoms with Crippen LogP contribution in [0.15, 0.2) is 18.2 Å². The lowest BCUT2D eigenvalue weighted by molar-refractivity contribution is -0.117. The first-order chi connectivity index (χ1) is 8.97. The van der Waals surface area contributed by atoms with E-state index in [0.29, 0.717) is 23.7 Å². The molecule has 0 radical (unpaired) electrons. The SMILES string of the molecule is CC(=O)SCC1CC(=O)N(c2ccc(Cl)cc2I)C1. The molecule has 1 fully saturated rings. The minimum Gasteiger partial charge on any atom is -0.311 e. The zero-order valence-corrected chi connectivity index (χ0v) is 14.1. The number of thioether (sulfide) groups is 1. The van der Waals surface area contributed by atoms with E-state index in [9.17, 15) is 9.59 Å². The van der Waals surface area contributed by atoms with Gasteiger partial charge in [0, 0.05) is 34.2 Å². The van der Waals surface area contributed by atoms with Crippen molar-refractivity contribution >= 4 is 62.7 Å². The number of anilines is 1. The highest BCUT2D eigenvalue weighted by molar-refractivity contribution is 14.1. The van der Waals surface area contributed by atoms with Crippen molar-refractivity contribution in [2.75, 3.05) is 17.2 Å². The summed E-state index contributed by atoms with van der Waals surface area (Å²) >= 11 is 9.40. The molecule has 0 bridgehead atoms. The Balaban J connectivity index is 2.09. The lowest BCUT2D eigenvalue weighted by Crippen LogP contribution is -2.25. The normalized spacial score (nSPS) is 19.0. The van der Waals surface area contributed by atoms with Crippen LogP contribution in [0.1, 0.15) is 13.3 Å². The lowest BCUT2D eigenvalue weighted by Gasteiger charge is -2.18. The summed E-state index contributed by atoms with van der Waals surface area (Å²) in [4.78, 5) is 24.8. The van der Waals surface area contributed by atoms with E-state index < -0.39 is 0 Å². The molecule has 1 aromatic carbocycles. The summed E-state index contributed by atoms with van der Waals surface area (Å²) in [6.45, 7) is 2.23. The number of hydrogen-bond acceptors (Lipinski definition) is 3. The fourth-order valence-corrected chi connectivity index (χ4v) is 3.92. The molecule has 1 heterocycles. The third-order valence-corrected chi connectivity index (χ3v) is 5.07. The van der Waals surface area contributed by atoms with Crippen molar-refractivity contribution in [1.82, 2.24) is 0 Å². The van der Waals surface area contributed by atoms with E-state index in [4.69, 9.17) is 11.6 Å². The number of hydrogen-bond donors (Lipinski definition) is 0. The first-order valence-corrected chi connectivity index (χ1v) is 8.30. The van der Waals surface area contributed by atoms with E-state index in [2.05, 4.69) is 22.6 Å². The van der Waals surface area contributed by atoms with Gasteiger partial charge in [-0.1, -0.05) is 23.4 Å². The molecular weight excluding hydrogens is 397 g/mol. The van der Waals surface area contributed by atoms with Gasteiger partial charge < -0.3 is 4.90 Å². The number of benzene rings is 1. The van der Waals surface area contributed by atoms with Crippen molar-refractivity contribution in [3.8, 4) is 0 Å². The molecule has 1 aromatic rings. The summed E-state index contributed by atoms with van der Waals surface area (Å²) in [5.41, 5.74) is 0.908. The molecule has 1 amide bonds. The van der Waals surface area contributed by atoms with E-state index in [0.717, 1.165) is 9.26 Å². The number of nitrogens with zero attached hydrogens (tertiary/aromatic N) is 1. The number of halogens is 2. The van der Waals surface area contributed by atoms with Crippen LogP contribution in [0.5, 0.6) is 0 Å². The van der Waals surface area contributed by atoms with Crippen molar-refractivity contribution in [3.63, 3.8) is 0 Å². The number of carbonyl (C=O) groups is 2. The van der Waals surface area contributed by atoms with Crippen LogP contribution in [0.2, 0.25) is 5.02 Å². The Labute approximate surface area is 135 Å². The second-order valence-electron chi connectivity index (χ2n) is 4.47. The largest absolute Gasteiger partial charge is 0.311 e. The van der Waals surface area contributed by atoms with Gasteiger partial charge in [-0.25, -0.2) is 0 Å². The third-order valence-electron chi connectivity index (χ3n) is 2.93. The summed E-state index contributed by atoms with van der Waals surface area (Å²) in [6, 6.07) is 5.52. The van der Waals surface area contributed by atoms with Crippen LogP contribution in [-0.2, 0) is 9.59 Å². The second kappa shape index (κ2) is 6.45. The van der Waals surface area contributed by atoms with E-state index in [1.807, 2.05) is 12.1 Å². The van der Waals surface area contributed by atoms with Crippen LogP contribution in [0, 0.1) is 9.49 Å². The van der Waals surface area contributed by atoms with Gasteiger partial charge in [-0.05, 0) is 46.7 Å². The second-order valence-corrected chi connectivity index (χ2v) is 7.27. The molecule has 3 nitrogen and oxygen atoms in total. The molecule has 0 saturated carbocycles. The predicted molar refractivity (Wildman–Crippen MR) is 87.8 cm³/mol. The van der Waals surface area contributed by atoms with Gasteiger partial charge in [0.2, 0.25) is 5.91 Å². The lowest BCUT2D eigenvalue weighted by atomic mass is 10.1. The van der Waals surface area contributed by atoms with Gasteiger partial charge in [0.1, 0.15) is 0 Å². The summed E-state index contributed by atoms with van der Waals surface area (Å²) in [5, 5.41) is 0.774. The molecular formula is C13H13ClINO2S. The van der Waals surface area contributed by atoms with Crippen LogP contribution in [0.3, 0.4) is 0 Å². The van der Waals surface area contributed by atoms with Crippen molar-refractivity contribution in [2.45, 2.75) is 13.3 Å². The molecule has 2 rings (SSSR count). The molecule has 6 heteroatoms. The zero-order valence-electron chi connectivity index (χ0n) is 10.4. The zero-order chi connectivity index (χ0) is 14.0. The van der Waals surface area contributed by atoms with Crippen LogP contribution in [-0.4, -0.2) is 23.3 Å². The Kier molecular flexibility index (Phi) is 5.14. The van der Waals surface area contributed by atoms with Gasteiger partial charge in [-0.3, -0.25) is 9.59 Å². The van der Waals surface area contributed by atoms with E-state index in [1.165, 1.54) is 11.8 Å². The number of carbonyl (C=O) groups excluding carboxylic acids is 2. The Morgan fingerprint density at radius 3 is 2.95 bits per heavy atom. The fraction of sp³-hybridized carbons (Fsp3) is 0.385. The monoisotopic (exact) mass is 409 g/mol. The molecule has 0 aromatic heterocycles. The van der Waals surface area contributed by atoms with Gasteiger partial charge in [0.15, 0.2) is 5.12 Å². The Bertz CT molecular complexity index is 523. The quantitative estimate of drug-likeness (QED) is 0.716. The standard InChI is InChI=1S/C13H13ClINO2S/c1-8(17)19-7-9-4-13(18)16(6-9)12-3-2-10(14)5-11(12)15/h2-3,5,9H,4,6-7H2,1H3. The van der Waals surface area contributed by atoms with Crippen LogP contribution >= 0.6 is 46.0 Å². The number of amides is 1. The molecule has 1 saturated heterocycles. The highest BCUT2D eigenvalue weighted by Gasteiger charge is 2.31. The summed E-state index contributed by atoms with van der Waals surface area (Å²) in [7, 11) is 0. The fourth-order valence-electron chi connectivity index (χ4n) is 2.06. The minimum absolute atomic E-state index is 0.104. The van der Waals surface area contributed by atoms with Gasteiger partial charge in [0.25, 0.3) is 0 Å². The summed E-state index contributed by atoms with van der Waals surface area (Å²) in [5.74, 6) is 1.07. The molecule has 1 atom stereocenters. The van der Waals surface area contributed by atoms with Gasteiger partial charge >= 0.3 is 0 Å². The van der Waals surface area contributed by atoms with E-state index in [-0.39, 0.29) is 16.9 Å². The molecule has 1 aliphatic heterocycles. The maximum absolute atomic E-state index is 12.1. The van der Waals surface area contributed by atoms with Crippen LogP contribution < -0.4 is 4.90 Å². The van der Waals surface area contributed by atoms with Crippen LogP contribution in [0.4, 0.5) is 5.69 Å².